The normalized spacial score (nSPS) is 20.5. The molecule has 16 heavy (non-hydrogen) atoms. The molecule has 0 saturated heterocycles. The zero-order chi connectivity index (χ0) is 13.0. The van der Waals surface area contributed by atoms with Crippen LogP contribution in [0.5, 0.6) is 0 Å². The zero-order valence-corrected chi connectivity index (χ0v) is 9.55. The molecule has 0 bridgehead atoms. The van der Waals surface area contributed by atoms with Gasteiger partial charge in [0.25, 0.3) is 0 Å². The maximum absolute atomic E-state index is 9.18. The molecule has 0 amide bonds. The molecule has 94 valence electrons. The Hall–Kier alpha value is -0.770. The van der Waals surface area contributed by atoms with E-state index in [2.05, 4.69) is 0 Å². The standard InChI is InChI=1S/C8H14N2O.H2O4S/c1-6(11)7-3-2-4-8(9,10)5-7;1-5(2,3)4/h2-3,5-6,11H,4,9-10H2,1H3;(H2,1,2,3,4). The lowest BCUT2D eigenvalue weighted by molar-refractivity contribution is 0.233. The van der Waals surface area contributed by atoms with Crippen LogP contribution in [-0.2, 0) is 10.4 Å². The van der Waals surface area contributed by atoms with Gasteiger partial charge >= 0.3 is 10.4 Å². The summed E-state index contributed by atoms with van der Waals surface area (Å²) in [6.45, 7) is 1.69. The molecule has 1 atom stereocenters. The van der Waals surface area contributed by atoms with Crippen LogP contribution in [0.1, 0.15) is 13.3 Å². The Balaban J connectivity index is 0.000000385. The summed E-state index contributed by atoms with van der Waals surface area (Å²) in [4.78, 5) is 0. The monoisotopic (exact) mass is 252 g/mol. The predicted octanol–water partition coefficient (Wildman–Crippen LogP) is -0.786. The number of hydrogen-bond donors (Lipinski definition) is 5. The third-order valence-corrected chi connectivity index (χ3v) is 1.70. The molecule has 0 aromatic rings. The Kier molecular flexibility index (Phi) is 5.26. The smallest absolute Gasteiger partial charge is 0.389 e. The molecule has 0 aliphatic heterocycles. The first-order chi connectivity index (χ1) is 7.01. The summed E-state index contributed by atoms with van der Waals surface area (Å²) < 4.78 is 31.6. The second-order valence-electron chi connectivity index (χ2n) is 3.49. The van der Waals surface area contributed by atoms with E-state index in [1.165, 1.54) is 0 Å². The summed E-state index contributed by atoms with van der Waals surface area (Å²) in [5.74, 6) is 0. The molecule has 1 rings (SSSR count). The number of rotatable bonds is 1. The van der Waals surface area contributed by atoms with Crippen LogP contribution in [0, 0.1) is 0 Å². The topological polar surface area (TPSA) is 147 Å². The van der Waals surface area contributed by atoms with Crippen molar-refractivity contribution in [3.8, 4) is 0 Å². The summed E-state index contributed by atoms with van der Waals surface area (Å²) >= 11 is 0. The van der Waals surface area contributed by atoms with E-state index in [9.17, 15) is 5.11 Å². The highest BCUT2D eigenvalue weighted by Crippen LogP contribution is 2.16. The van der Waals surface area contributed by atoms with Crippen molar-refractivity contribution in [2.24, 2.45) is 11.5 Å². The van der Waals surface area contributed by atoms with Gasteiger partial charge in [-0.25, -0.2) is 0 Å². The van der Waals surface area contributed by atoms with E-state index < -0.39 is 22.2 Å². The largest absolute Gasteiger partial charge is 0.394 e. The van der Waals surface area contributed by atoms with Gasteiger partial charge in [-0.2, -0.15) is 8.42 Å². The van der Waals surface area contributed by atoms with E-state index in [1.54, 1.807) is 13.0 Å². The Morgan fingerprint density at radius 2 is 1.88 bits per heavy atom. The molecule has 0 saturated carbocycles. The third-order valence-electron chi connectivity index (χ3n) is 1.70. The molecule has 1 aliphatic rings. The zero-order valence-electron chi connectivity index (χ0n) is 8.74. The number of aliphatic hydroxyl groups is 1. The molecule has 1 aliphatic carbocycles. The van der Waals surface area contributed by atoms with E-state index in [4.69, 9.17) is 29.0 Å². The molecule has 0 aromatic heterocycles. The predicted molar refractivity (Wildman–Crippen MR) is 58.8 cm³/mol. The molecular weight excluding hydrogens is 236 g/mol. The highest BCUT2D eigenvalue weighted by atomic mass is 32.3. The van der Waals surface area contributed by atoms with Crippen molar-refractivity contribution < 1.29 is 22.6 Å². The van der Waals surface area contributed by atoms with Crippen molar-refractivity contribution in [3.63, 3.8) is 0 Å². The van der Waals surface area contributed by atoms with Gasteiger partial charge in [0, 0.05) is 6.42 Å². The van der Waals surface area contributed by atoms with Crippen LogP contribution >= 0.6 is 0 Å². The summed E-state index contributed by atoms with van der Waals surface area (Å²) in [6, 6.07) is 0. The maximum atomic E-state index is 9.18. The van der Waals surface area contributed by atoms with E-state index >= 15 is 0 Å². The van der Waals surface area contributed by atoms with Crippen LogP contribution < -0.4 is 11.5 Å². The van der Waals surface area contributed by atoms with Crippen molar-refractivity contribution in [3.05, 3.63) is 23.8 Å². The lowest BCUT2D eigenvalue weighted by atomic mass is 9.95. The van der Waals surface area contributed by atoms with Gasteiger partial charge in [0.05, 0.1) is 11.8 Å². The van der Waals surface area contributed by atoms with Crippen LogP contribution in [0.3, 0.4) is 0 Å². The molecule has 0 radical (unpaired) electrons. The fraction of sp³-hybridized carbons (Fsp3) is 0.500. The first-order valence-electron chi connectivity index (χ1n) is 4.36. The Bertz CT molecular complexity index is 375. The molecule has 0 spiro atoms. The second kappa shape index (κ2) is 5.53. The van der Waals surface area contributed by atoms with Gasteiger partial charge < -0.3 is 16.6 Å². The highest BCUT2D eigenvalue weighted by Gasteiger charge is 2.19. The van der Waals surface area contributed by atoms with Gasteiger partial charge in [-0.15, -0.1) is 0 Å². The van der Waals surface area contributed by atoms with Gasteiger partial charge in [0.1, 0.15) is 0 Å². The van der Waals surface area contributed by atoms with Crippen LogP contribution in [0.4, 0.5) is 0 Å². The minimum Gasteiger partial charge on any atom is -0.389 e. The fourth-order valence-corrected chi connectivity index (χ4v) is 1.08. The first kappa shape index (κ1) is 15.2. The average molecular weight is 252 g/mol. The first-order valence-corrected chi connectivity index (χ1v) is 5.76. The van der Waals surface area contributed by atoms with E-state index in [0.29, 0.717) is 6.42 Å². The van der Waals surface area contributed by atoms with E-state index in [-0.39, 0.29) is 0 Å². The lowest BCUT2D eigenvalue weighted by Gasteiger charge is -2.24. The Morgan fingerprint density at radius 1 is 1.44 bits per heavy atom. The molecule has 1 unspecified atom stereocenters. The number of hydrogen-bond acceptors (Lipinski definition) is 5. The third kappa shape index (κ3) is 8.53. The van der Waals surface area contributed by atoms with Crippen molar-refractivity contribution in [1.82, 2.24) is 0 Å². The van der Waals surface area contributed by atoms with Gasteiger partial charge in [0.2, 0.25) is 0 Å². The van der Waals surface area contributed by atoms with Crippen molar-refractivity contribution in [2.45, 2.75) is 25.1 Å². The van der Waals surface area contributed by atoms with Crippen LogP contribution in [-0.4, -0.2) is 34.4 Å². The highest BCUT2D eigenvalue weighted by molar-refractivity contribution is 7.79. The molecule has 7 nitrogen and oxygen atoms in total. The minimum absolute atomic E-state index is 0.488. The lowest BCUT2D eigenvalue weighted by Crippen LogP contribution is -2.48. The molecular formula is C8H16N2O5S. The van der Waals surface area contributed by atoms with Gasteiger partial charge in [-0.1, -0.05) is 12.2 Å². The Morgan fingerprint density at radius 3 is 2.12 bits per heavy atom. The summed E-state index contributed by atoms with van der Waals surface area (Å²) in [7, 11) is -4.67. The Labute approximate surface area is 94.0 Å². The van der Waals surface area contributed by atoms with Crippen LogP contribution in [0.2, 0.25) is 0 Å². The van der Waals surface area contributed by atoms with Gasteiger partial charge in [-0.05, 0) is 18.6 Å². The average Bonchev–Trinajstić information content (AvgIpc) is 1.98. The van der Waals surface area contributed by atoms with Gasteiger partial charge in [-0.3, -0.25) is 9.11 Å². The van der Waals surface area contributed by atoms with E-state index in [1.807, 2.05) is 12.2 Å². The SMILES string of the molecule is CC(O)C1=CC(N)(N)CC=C1.O=S(=O)(O)O. The fourth-order valence-electron chi connectivity index (χ4n) is 1.08. The molecule has 0 aromatic carbocycles. The van der Waals surface area contributed by atoms with Crippen molar-refractivity contribution in [1.29, 1.82) is 0 Å². The second-order valence-corrected chi connectivity index (χ2v) is 4.38. The molecule has 8 heteroatoms. The summed E-state index contributed by atoms with van der Waals surface area (Å²) in [5.41, 5.74) is 11.3. The summed E-state index contributed by atoms with van der Waals surface area (Å²) in [6.07, 6.45) is 5.57. The quantitative estimate of drug-likeness (QED) is 0.303. The molecule has 7 N–H and O–H groups in total. The molecule has 0 fully saturated rings. The van der Waals surface area contributed by atoms with Crippen molar-refractivity contribution >= 4 is 10.4 Å². The van der Waals surface area contributed by atoms with Crippen molar-refractivity contribution in [2.75, 3.05) is 0 Å². The number of nitrogens with two attached hydrogens (primary N) is 2. The minimum atomic E-state index is -4.67. The summed E-state index contributed by atoms with van der Waals surface area (Å²) in [5, 5.41) is 9.18. The van der Waals surface area contributed by atoms with Crippen LogP contribution in [0.15, 0.2) is 23.8 Å². The number of aliphatic hydroxyl groups excluding tert-OH is 1. The van der Waals surface area contributed by atoms with Gasteiger partial charge in [0.15, 0.2) is 0 Å². The maximum Gasteiger partial charge on any atom is 0.394 e. The van der Waals surface area contributed by atoms with Crippen LogP contribution in [0.25, 0.3) is 0 Å². The molecule has 0 heterocycles. The van der Waals surface area contributed by atoms with E-state index in [0.717, 1.165) is 5.57 Å².